The lowest BCUT2D eigenvalue weighted by molar-refractivity contribution is 0.129. The average Bonchev–Trinajstić information content (AvgIpc) is 2.92. The van der Waals surface area contributed by atoms with Gasteiger partial charge in [-0.15, -0.1) is 0 Å². The van der Waals surface area contributed by atoms with Crippen LogP contribution >= 0.6 is 0 Å². The van der Waals surface area contributed by atoms with Crippen molar-refractivity contribution >= 4 is 0 Å². The molecule has 1 aliphatic rings. The van der Waals surface area contributed by atoms with E-state index in [1.165, 1.54) is 19.3 Å². The normalized spacial score (nSPS) is 15.7. The summed E-state index contributed by atoms with van der Waals surface area (Å²) in [4.78, 5) is 0. The highest BCUT2D eigenvalue weighted by atomic mass is 16.5. The van der Waals surface area contributed by atoms with Gasteiger partial charge in [-0.3, -0.25) is 0 Å². The summed E-state index contributed by atoms with van der Waals surface area (Å²) in [5, 5.41) is 3.27. The third-order valence-corrected chi connectivity index (χ3v) is 2.67. The van der Waals surface area contributed by atoms with Crippen molar-refractivity contribution in [1.82, 2.24) is 5.32 Å². The Kier molecular flexibility index (Phi) is 4.23. The van der Waals surface area contributed by atoms with Gasteiger partial charge in [0.15, 0.2) is 0 Å². The largest absolute Gasteiger partial charge is 0.468 e. The molecule has 0 radical (unpaired) electrons. The van der Waals surface area contributed by atoms with Crippen LogP contribution in [0.25, 0.3) is 0 Å². The lowest BCUT2D eigenvalue weighted by Gasteiger charge is -2.04. The summed E-state index contributed by atoms with van der Waals surface area (Å²) in [5.41, 5.74) is 0. The van der Waals surface area contributed by atoms with Crippen molar-refractivity contribution < 1.29 is 9.15 Å². The molecular weight excluding hydrogens is 190 g/mol. The molecule has 0 atom stereocenters. The van der Waals surface area contributed by atoms with Gasteiger partial charge in [0.05, 0.1) is 19.4 Å². The van der Waals surface area contributed by atoms with Gasteiger partial charge in [0.2, 0.25) is 0 Å². The maximum atomic E-state index is 5.51. The highest BCUT2D eigenvalue weighted by Gasteiger charge is 2.20. The Labute approximate surface area is 90.8 Å². The predicted molar refractivity (Wildman–Crippen MR) is 58.6 cm³/mol. The van der Waals surface area contributed by atoms with E-state index in [-0.39, 0.29) is 0 Å². The van der Waals surface area contributed by atoms with Gasteiger partial charge < -0.3 is 14.5 Å². The summed E-state index contributed by atoms with van der Waals surface area (Å²) in [6, 6.07) is 3.88. The van der Waals surface area contributed by atoms with Crippen LogP contribution in [0, 0.1) is 5.92 Å². The van der Waals surface area contributed by atoms with Gasteiger partial charge in [0, 0.05) is 13.2 Å². The zero-order valence-electron chi connectivity index (χ0n) is 9.08. The molecule has 0 amide bonds. The van der Waals surface area contributed by atoms with E-state index < -0.39 is 0 Å². The Morgan fingerprint density at radius 2 is 2.33 bits per heavy atom. The Morgan fingerprint density at radius 1 is 1.40 bits per heavy atom. The lowest BCUT2D eigenvalue weighted by atomic mass is 10.3. The summed E-state index contributed by atoms with van der Waals surface area (Å²) >= 11 is 0. The number of rotatable bonds is 8. The molecule has 1 saturated carbocycles. The van der Waals surface area contributed by atoms with Crippen LogP contribution in [0.3, 0.4) is 0 Å². The second-order valence-corrected chi connectivity index (χ2v) is 4.10. The molecule has 0 bridgehead atoms. The van der Waals surface area contributed by atoms with Crippen molar-refractivity contribution in [3.05, 3.63) is 24.2 Å². The van der Waals surface area contributed by atoms with Gasteiger partial charge in [-0.2, -0.15) is 0 Å². The molecule has 2 rings (SSSR count). The highest BCUT2D eigenvalue weighted by molar-refractivity contribution is 4.97. The molecule has 84 valence electrons. The maximum absolute atomic E-state index is 5.51. The summed E-state index contributed by atoms with van der Waals surface area (Å²) < 4.78 is 10.7. The smallest absolute Gasteiger partial charge is 0.117 e. The van der Waals surface area contributed by atoms with Crippen molar-refractivity contribution in [2.24, 2.45) is 5.92 Å². The number of hydrogen-bond acceptors (Lipinski definition) is 3. The Hall–Kier alpha value is -0.800. The highest BCUT2D eigenvalue weighted by Crippen LogP contribution is 2.31. The van der Waals surface area contributed by atoms with Crippen molar-refractivity contribution in [2.45, 2.75) is 25.8 Å². The van der Waals surface area contributed by atoms with E-state index in [2.05, 4.69) is 5.32 Å². The first-order valence-electron chi connectivity index (χ1n) is 5.76. The van der Waals surface area contributed by atoms with E-state index in [9.17, 15) is 0 Å². The molecule has 0 spiro atoms. The molecule has 1 aromatic heterocycles. The molecule has 1 aliphatic carbocycles. The molecule has 0 unspecified atom stereocenters. The fourth-order valence-electron chi connectivity index (χ4n) is 1.53. The van der Waals surface area contributed by atoms with E-state index >= 15 is 0 Å². The minimum atomic E-state index is 0.791. The van der Waals surface area contributed by atoms with Crippen molar-refractivity contribution in [2.75, 3.05) is 19.8 Å². The van der Waals surface area contributed by atoms with Gasteiger partial charge >= 0.3 is 0 Å². The second-order valence-electron chi connectivity index (χ2n) is 4.10. The Bertz CT molecular complexity index is 255. The van der Waals surface area contributed by atoms with Crippen LogP contribution in [0.2, 0.25) is 0 Å². The zero-order chi connectivity index (χ0) is 10.3. The number of hydrogen-bond donors (Lipinski definition) is 1. The number of ether oxygens (including phenoxy) is 1. The molecular formula is C12H19NO2. The molecule has 0 aliphatic heterocycles. The van der Waals surface area contributed by atoms with Crippen molar-refractivity contribution in [3.8, 4) is 0 Å². The Morgan fingerprint density at radius 3 is 3.07 bits per heavy atom. The molecule has 3 nitrogen and oxygen atoms in total. The van der Waals surface area contributed by atoms with Crippen molar-refractivity contribution in [1.29, 1.82) is 0 Å². The summed E-state index contributed by atoms with van der Waals surface area (Å²) in [5.74, 6) is 1.95. The van der Waals surface area contributed by atoms with E-state index in [1.807, 2.05) is 12.1 Å². The van der Waals surface area contributed by atoms with E-state index in [0.717, 1.165) is 38.0 Å². The molecule has 1 aromatic rings. The number of nitrogens with one attached hydrogen (secondary N) is 1. The van der Waals surface area contributed by atoms with Crippen LogP contribution in [-0.4, -0.2) is 19.8 Å². The first-order valence-corrected chi connectivity index (χ1v) is 5.76. The fourth-order valence-corrected chi connectivity index (χ4v) is 1.53. The van der Waals surface area contributed by atoms with Crippen LogP contribution in [0.15, 0.2) is 22.8 Å². The minimum absolute atomic E-state index is 0.791. The monoisotopic (exact) mass is 209 g/mol. The second kappa shape index (κ2) is 5.93. The van der Waals surface area contributed by atoms with Gasteiger partial charge in [-0.25, -0.2) is 0 Å². The van der Waals surface area contributed by atoms with Crippen molar-refractivity contribution in [3.63, 3.8) is 0 Å². The van der Waals surface area contributed by atoms with Gasteiger partial charge in [0.25, 0.3) is 0 Å². The van der Waals surface area contributed by atoms with E-state index in [4.69, 9.17) is 9.15 Å². The Balaban J connectivity index is 1.38. The molecule has 1 N–H and O–H groups in total. The van der Waals surface area contributed by atoms with Crippen LogP contribution in [0.5, 0.6) is 0 Å². The molecule has 1 fully saturated rings. The first-order chi connectivity index (χ1) is 7.45. The van der Waals surface area contributed by atoms with Crippen LogP contribution in [-0.2, 0) is 11.3 Å². The quantitative estimate of drug-likeness (QED) is 0.666. The first kappa shape index (κ1) is 10.7. The van der Waals surface area contributed by atoms with Gasteiger partial charge in [0.1, 0.15) is 5.76 Å². The molecule has 15 heavy (non-hydrogen) atoms. The SMILES string of the molecule is c1coc(CNCCOCCC2CC2)c1. The topological polar surface area (TPSA) is 34.4 Å². The van der Waals surface area contributed by atoms with E-state index in [1.54, 1.807) is 6.26 Å². The zero-order valence-corrected chi connectivity index (χ0v) is 9.08. The third-order valence-electron chi connectivity index (χ3n) is 2.67. The van der Waals surface area contributed by atoms with E-state index in [0.29, 0.717) is 0 Å². The van der Waals surface area contributed by atoms with Crippen LogP contribution < -0.4 is 5.32 Å². The molecule has 0 saturated heterocycles. The minimum Gasteiger partial charge on any atom is -0.468 e. The third kappa shape index (κ3) is 4.49. The summed E-state index contributed by atoms with van der Waals surface area (Å²) in [6.45, 7) is 3.41. The van der Waals surface area contributed by atoms with Crippen LogP contribution in [0.4, 0.5) is 0 Å². The molecule has 3 heteroatoms. The average molecular weight is 209 g/mol. The number of furan rings is 1. The molecule has 1 heterocycles. The summed E-state index contributed by atoms with van der Waals surface area (Å²) in [6.07, 6.45) is 5.78. The predicted octanol–water partition coefficient (Wildman–Crippen LogP) is 2.19. The maximum Gasteiger partial charge on any atom is 0.117 e. The molecule has 0 aromatic carbocycles. The van der Waals surface area contributed by atoms with Gasteiger partial charge in [-0.1, -0.05) is 12.8 Å². The van der Waals surface area contributed by atoms with Crippen LogP contribution in [0.1, 0.15) is 25.0 Å². The lowest BCUT2D eigenvalue weighted by Crippen LogP contribution is -2.19. The summed E-state index contributed by atoms with van der Waals surface area (Å²) in [7, 11) is 0. The standard InChI is InChI=1S/C12H19NO2/c1-2-12(15-7-1)10-13-6-9-14-8-5-11-3-4-11/h1-2,7,11,13H,3-6,8-10H2. The fraction of sp³-hybridized carbons (Fsp3) is 0.667. The van der Waals surface area contributed by atoms with Gasteiger partial charge in [-0.05, 0) is 24.5 Å².